The molecule has 8 nitrogen and oxygen atoms in total. The van der Waals surface area contributed by atoms with Gasteiger partial charge in [-0.25, -0.2) is 0 Å². The van der Waals surface area contributed by atoms with Crippen molar-refractivity contribution in [1.82, 2.24) is 14.9 Å². The van der Waals surface area contributed by atoms with Crippen LogP contribution in [-0.2, 0) is 16.0 Å². The van der Waals surface area contributed by atoms with Gasteiger partial charge in [-0.05, 0) is 43.5 Å². The predicted molar refractivity (Wildman–Crippen MR) is 123 cm³/mol. The molecule has 10 heteroatoms. The average molecular weight is 476 g/mol. The molecule has 32 heavy (non-hydrogen) atoms. The molecule has 168 valence electrons. The third kappa shape index (κ3) is 3.56. The van der Waals surface area contributed by atoms with E-state index in [0.717, 1.165) is 16.8 Å². The largest absolute Gasteiger partial charge is 0.421 e. The van der Waals surface area contributed by atoms with Gasteiger partial charge in [0, 0.05) is 22.6 Å². The lowest BCUT2D eigenvalue weighted by molar-refractivity contribution is -0.148. The van der Waals surface area contributed by atoms with Gasteiger partial charge in [0.05, 0.1) is 31.6 Å². The number of ether oxygens (including phenoxy) is 1. The Kier molecular flexibility index (Phi) is 5.39. The fourth-order valence-corrected chi connectivity index (χ4v) is 5.39. The summed E-state index contributed by atoms with van der Waals surface area (Å²) in [6, 6.07) is 3.59. The van der Waals surface area contributed by atoms with Crippen LogP contribution in [0.5, 0.6) is 0 Å². The van der Waals surface area contributed by atoms with Gasteiger partial charge in [0.25, 0.3) is 11.9 Å². The molecule has 3 atom stereocenters. The average Bonchev–Trinajstić information content (AvgIpc) is 3.13. The van der Waals surface area contributed by atoms with Crippen LogP contribution in [0.25, 0.3) is 11.1 Å². The molecule has 0 bridgehead atoms. The van der Waals surface area contributed by atoms with Gasteiger partial charge in [0.2, 0.25) is 0 Å². The summed E-state index contributed by atoms with van der Waals surface area (Å²) in [5.74, 6) is -0.0664. The summed E-state index contributed by atoms with van der Waals surface area (Å²) < 4.78 is 11.6. The summed E-state index contributed by atoms with van der Waals surface area (Å²) in [4.78, 5) is 25.9. The third-order valence-electron chi connectivity index (χ3n) is 6.28. The molecule has 1 amide bonds. The normalized spacial score (nSPS) is 23.4. The van der Waals surface area contributed by atoms with Crippen LogP contribution >= 0.6 is 23.2 Å². The van der Waals surface area contributed by atoms with Gasteiger partial charge < -0.3 is 24.7 Å². The first-order valence-electron chi connectivity index (χ1n) is 10.5. The van der Waals surface area contributed by atoms with E-state index in [2.05, 4.69) is 14.9 Å². The highest BCUT2D eigenvalue weighted by atomic mass is 35.5. The number of aromatic nitrogens is 2. The van der Waals surface area contributed by atoms with Gasteiger partial charge in [-0.1, -0.05) is 23.2 Å². The van der Waals surface area contributed by atoms with Crippen LogP contribution in [0.15, 0.2) is 28.9 Å². The second kappa shape index (κ2) is 8.10. The quantitative estimate of drug-likeness (QED) is 0.600. The number of hydrogen-bond donors (Lipinski definition) is 1. The number of halogens is 2. The first kappa shape index (κ1) is 21.3. The second-order valence-corrected chi connectivity index (χ2v) is 9.14. The van der Waals surface area contributed by atoms with Crippen LogP contribution in [0, 0.1) is 0 Å². The number of rotatable bonds is 2. The Morgan fingerprint density at radius 3 is 2.88 bits per heavy atom. The summed E-state index contributed by atoms with van der Waals surface area (Å²) in [6.07, 6.45) is 3.38. The fraction of sp³-hybridized carbons (Fsp3) is 0.409. The Labute approximate surface area is 195 Å². The maximum Gasteiger partial charge on any atom is 0.293 e. The molecule has 2 aromatic heterocycles. The van der Waals surface area contributed by atoms with Crippen molar-refractivity contribution in [1.29, 1.82) is 0 Å². The van der Waals surface area contributed by atoms with E-state index in [1.165, 1.54) is 0 Å². The highest BCUT2D eigenvalue weighted by molar-refractivity contribution is 6.35. The monoisotopic (exact) mass is 475 g/mol. The number of nitrogens with zero attached hydrogens (tertiary/aromatic N) is 4. The summed E-state index contributed by atoms with van der Waals surface area (Å²) in [7, 11) is 0. The van der Waals surface area contributed by atoms with Crippen LogP contribution in [0.1, 0.15) is 31.0 Å². The van der Waals surface area contributed by atoms with E-state index in [1.54, 1.807) is 18.5 Å². The van der Waals surface area contributed by atoms with Gasteiger partial charge in [-0.3, -0.25) is 9.78 Å². The summed E-state index contributed by atoms with van der Waals surface area (Å²) in [5.41, 5.74) is 9.66. The van der Waals surface area contributed by atoms with E-state index in [1.807, 2.05) is 24.8 Å². The highest BCUT2D eigenvalue weighted by Crippen LogP contribution is 2.38. The molecule has 2 aliphatic rings. The molecule has 5 rings (SSSR count). The van der Waals surface area contributed by atoms with E-state index in [0.29, 0.717) is 47.3 Å². The van der Waals surface area contributed by atoms with Gasteiger partial charge in [-0.2, -0.15) is 4.98 Å². The van der Waals surface area contributed by atoms with E-state index >= 15 is 0 Å². The number of pyridine rings is 1. The summed E-state index contributed by atoms with van der Waals surface area (Å²) >= 11 is 12.6. The van der Waals surface area contributed by atoms with Crippen molar-refractivity contribution < 1.29 is 13.9 Å². The van der Waals surface area contributed by atoms with Crippen LogP contribution in [0.3, 0.4) is 0 Å². The number of morpholine rings is 1. The van der Waals surface area contributed by atoms with Crippen molar-refractivity contribution in [3.05, 3.63) is 45.7 Å². The Bertz CT molecular complexity index is 1200. The van der Waals surface area contributed by atoms with E-state index < -0.39 is 6.10 Å². The standard InChI is InChI=1S/C22H23Cl2N5O3/c1-11-10-31-18(9-29(11)17-8-26-7-16-20(17)32-22(25)27-16)21(30)28-4-3-13-5-14(23)6-15(24)19(13)12(28)2/h5-8,11-12,18H,3-4,9-10H2,1-2H3,(H2,25,27)/t11-,12+,18-/m1/s1. The van der Waals surface area contributed by atoms with Crippen LogP contribution in [-0.4, -0.2) is 52.6 Å². The molecule has 2 N–H and O–H groups in total. The molecule has 0 saturated carbocycles. The Hall–Kier alpha value is -2.55. The number of nitrogens with two attached hydrogens (primary N) is 1. The predicted octanol–water partition coefficient (Wildman–Crippen LogP) is 3.85. The minimum atomic E-state index is -0.628. The maximum atomic E-state index is 13.5. The number of fused-ring (bicyclic) bond motifs is 2. The van der Waals surface area contributed by atoms with Gasteiger partial charge >= 0.3 is 0 Å². The zero-order chi connectivity index (χ0) is 22.6. The summed E-state index contributed by atoms with van der Waals surface area (Å²) in [6.45, 7) is 5.36. The van der Waals surface area contributed by atoms with Crippen molar-refractivity contribution in [3.63, 3.8) is 0 Å². The molecule has 0 aliphatic carbocycles. The molecular formula is C22H23Cl2N5O3. The molecule has 0 radical (unpaired) electrons. The molecule has 2 aliphatic heterocycles. The highest BCUT2D eigenvalue weighted by Gasteiger charge is 2.38. The molecule has 1 aromatic carbocycles. The molecule has 4 heterocycles. The smallest absolute Gasteiger partial charge is 0.293 e. The lowest BCUT2D eigenvalue weighted by Crippen LogP contribution is -2.55. The van der Waals surface area contributed by atoms with Crippen molar-refractivity contribution in [3.8, 4) is 0 Å². The van der Waals surface area contributed by atoms with Gasteiger partial charge in [0.15, 0.2) is 11.7 Å². The number of hydrogen-bond acceptors (Lipinski definition) is 7. The molecule has 1 saturated heterocycles. The summed E-state index contributed by atoms with van der Waals surface area (Å²) in [5, 5.41) is 1.19. The fourth-order valence-electron chi connectivity index (χ4n) is 4.69. The zero-order valence-electron chi connectivity index (χ0n) is 17.7. The number of oxazole rings is 1. The number of benzene rings is 1. The molecule has 1 fully saturated rings. The van der Waals surface area contributed by atoms with E-state index in [9.17, 15) is 4.79 Å². The van der Waals surface area contributed by atoms with Crippen molar-refractivity contribution in [2.45, 2.75) is 38.5 Å². The Morgan fingerprint density at radius 2 is 2.06 bits per heavy atom. The number of carbonyl (C=O) groups is 1. The first-order chi connectivity index (χ1) is 15.3. The second-order valence-electron chi connectivity index (χ2n) is 8.30. The van der Waals surface area contributed by atoms with Gasteiger partial charge in [-0.15, -0.1) is 0 Å². The molecular weight excluding hydrogens is 453 g/mol. The number of carbonyl (C=O) groups excluding carboxylic acids is 1. The number of amides is 1. The number of nitrogen functional groups attached to an aromatic ring is 1. The zero-order valence-corrected chi connectivity index (χ0v) is 19.2. The van der Waals surface area contributed by atoms with Crippen molar-refractivity contribution in [2.75, 3.05) is 30.3 Å². The minimum Gasteiger partial charge on any atom is -0.421 e. The van der Waals surface area contributed by atoms with E-state index in [-0.39, 0.29) is 24.0 Å². The maximum absolute atomic E-state index is 13.5. The topological polar surface area (TPSA) is 97.7 Å². The van der Waals surface area contributed by atoms with Crippen LogP contribution < -0.4 is 10.6 Å². The lowest BCUT2D eigenvalue weighted by Gasteiger charge is -2.42. The molecule has 0 unspecified atom stereocenters. The molecule has 0 spiro atoms. The number of anilines is 2. The Balaban J connectivity index is 1.41. The molecule has 3 aromatic rings. The van der Waals surface area contributed by atoms with Crippen LogP contribution in [0.2, 0.25) is 10.0 Å². The van der Waals surface area contributed by atoms with Crippen molar-refractivity contribution in [2.24, 2.45) is 0 Å². The van der Waals surface area contributed by atoms with Crippen LogP contribution in [0.4, 0.5) is 11.7 Å². The first-order valence-corrected chi connectivity index (χ1v) is 11.3. The minimum absolute atomic E-state index is 0.0221. The van der Waals surface area contributed by atoms with E-state index in [4.69, 9.17) is 38.1 Å². The third-order valence-corrected chi connectivity index (χ3v) is 6.82. The Morgan fingerprint density at radius 1 is 1.25 bits per heavy atom. The lowest BCUT2D eigenvalue weighted by atomic mass is 9.93. The SMILES string of the molecule is C[C@@H]1CO[C@@H](C(=O)N2CCc3cc(Cl)cc(Cl)c3[C@@H]2C)CN1c1cncc2nc(N)oc12. The van der Waals surface area contributed by atoms with Gasteiger partial charge in [0.1, 0.15) is 11.2 Å². The van der Waals surface area contributed by atoms with Crippen molar-refractivity contribution >= 4 is 51.9 Å².